The molecule has 0 saturated carbocycles. The average Bonchev–Trinajstić information content (AvgIpc) is 3.10. The Morgan fingerprint density at radius 2 is 1.66 bits per heavy atom. The number of ketones is 1. The fourth-order valence-corrected chi connectivity index (χ4v) is 4.46. The number of carbonyl (C=O) groups excluding carboxylic acids is 2. The van der Waals surface area contributed by atoms with Crippen molar-refractivity contribution < 1.29 is 19.4 Å². The van der Waals surface area contributed by atoms with E-state index in [1.54, 1.807) is 42.5 Å². The molecule has 180 valence electrons. The highest BCUT2D eigenvalue weighted by atomic mass is 35.5. The minimum Gasteiger partial charge on any atom is -0.507 e. The molecular formula is C29H28ClNO4. The lowest BCUT2D eigenvalue weighted by molar-refractivity contribution is -0.132. The molecule has 0 aliphatic carbocycles. The number of Topliss-reactive ketones (excluding diaryl/α,β-unsaturated/α-hetero) is 1. The summed E-state index contributed by atoms with van der Waals surface area (Å²) >= 11 is 6.41. The van der Waals surface area contributed by atoms with Gasteiger partial charge in [0.05, 0.1) is 23.2 Å². The van der Waals surface area contributed by atoms with Gasteiger partial charge in [0.2, 0.25) is 0 Å². The van der Waals surface area contributed by atoms with Crippen LogP contribution in [0.15, 0.2) is 78.4 Å². The third-order valence-corrected chi connectivity index (χ3v) is 6.40. The number of rotatable bonds is 5. The van der Waals surface area contributed by atoms with Gasteiger partial charge in [-0.3, -0.25) is 14.5 Å². The highest BCUT2D eigenvalue weighted by Crippen LogP contribution is 2.43. The number of carbonyl (C=O) groups is 2. The zero-order valence-corrected chi connectivity index (χ0v) is 21.0. The van der Waals surface area contributed by atoms with Crippen LogP contribution in [0, 0.1) is 0 Å². The van der Waals surface area contributed by atoms with Crippen molar-refractivity contribution in [1.29, 1.82) is 0 Å². The van der Waals surface area contributed by atoms with Crippen molar-refractivity contribution in [3.63, 3.8) is 0 Å². The van der Waals surface area contributed by atoms with E-state index in [1.165, 1.54) is 4.90 Å². The summed E-state index contributed by atoms with van der Waals surface area (Å²) in [5.74, 6) is -1.31. The number of halogens is 1. The summed E-state index contributed by atoms with van der Waals surface area (Å²) in [6, 6.07) is 20.8. The summed E-state index contributed by atoms with van der Waals surface area (Å²) in [6.07, 6.45) is 0. The molecule has 1 unspecified atom stereocenters. The van der Waals surface area contributed by atoms with Crippen LogP contribution in [-0.2, 0) is 15.0 Å². The zero-order chi connectivity index (χ0) is 25.3. The first-order valence-electron chi connectivity index (χ1n) is 11.5. The minimum absolute atomic E-state index is 0.0158. The van der Waals surface area contributed by atoms with Crippen molar-refractivity contribution in [3.05, 3.63) is 100 Å². The molecule has 0 bridgehead atoms. The van der Waals surface area contributed by atoms with E-state index in [1.807, 2.05) is 37.3 Å². The van der Waals surface area contributed by atoms with Crippen molar-refractivity contribution >= 4 is 34.7 Å². The molecule has 35 heavy (non-hydrogen) atoms. The second kappa shape index (κ2) is 9.59. The Morgan fingerprint density at radius 1 is 1.00 bits per heavy atom. The number of benzene rings is 3. The van der Waals surface area contributed by atoms with Crippen molar-refractivity contribution in [2.45, 2.75) is 39.2 Å². The number of ether oxygens (including phenoxy) is 1. The third kappa shape index (κ3) is 4.69. The van der Waals surface area contributed by atoms with E-state index in [2.05, 4.69) is 20.8 Å². The molecule has 0 spiro atoms. The van der Waals surface area contributed by atoms with Gasteiger partial charge >= 0.3 is 0 Å². The molecule has 0 radical (unpaired) electrons. The molecule has 3 aromatic rings. The molecule has 3 aromatic carbocycles. The maximum Gasteiger partial charge on any atom is 0.300 e. The molecule has 1 amide bonds. The average molecular weight is 490 g/mol. The van der Waals surface area contributed by atoms with E-state index in [-0.39, 0.29) is 27.3 Å². The molecule has 1 N–H and O–H groups in total. The molecule has 1 fully saturated rings. The third-order valence-electron chi connectivity index (χ3n) is 6.08. The van der Waals surface area contributed by atoms with Gasteiger partial charge in [0.1, 0.15) is 11.5 Å². The van der Waals surface area contributed by atoms with Gasteiger partial charge in [0, 0.05) is 11.3 Å². The lowest BCUT2D eigenvalue weighted by Crippen LogP contribution is -2.29. The van der Waals surface area contributed by atoms with Crippen molar-refractivity contribution in [1.82, 2.24) is 0 Å². The summed E-state index contributed by atoms with van der Waals surface area (Å²) < 4.78 is 5.55. The fraction of sp³-hybridized carbons (Fsp3) is 0.241. The Balaban J connectivity index is 1.93. The Labute approximate surface area is 210 Å². The minimum atomic E-state index is -0.821. The zero-order valence-electron chi connectivity index (χ0n) is 20.2. The van der Waals surface area contributed by atoms with Crippen LogP contribution >= 0.6 is 11.6 Å². The van der Waals surface area contributed by atoms with Crippen molar-refractivity contribution in [3.8, 4) is 5.75 Å². The predicted molar refractivity (Wildman–Crippen MR) is 139 cm³/mol. The second-order valence-corrected chi connectivity index (χ2v) is 9.86. The first-order valence-corrected chi connectivity index (χ1v) is 11.9. The van der Waals surface area contributed by atoms with Gasteiger partial charge in [-0.2, -0.15) is 0 Å². The predicted octanol–water partition coefficient (Wildman–Crippen LogP) is 6.66. The molecule has 1 atom stereocenters. The number of hydrogen-bond acceptors (Lipinski definition) is 4. The standard InChI is InChI=1S/C29H28ClNO4/c1-5-35-21-15-16-23(30)22(17-21)26(32)24-25(18-11-13-19(14-12-18)29(2,3)4)31(28(34)27(24)33)20-9-7-6-8-10-20/h6-17,25,32H,5H2,1-4H3/b26-24+. The lowest BCUT2D eigenvalue weighted by Gasteiger charge is -2.26. The maximum atomic E-state index is 13.4. The van der Waals surface area contributed by atoms with E-state index >= 15 is 0 Å². The van der Waals surface area contributed by atoms with Crippen LogP contribution in [0.1, 0.15) is 50.4 Å². The molecule has 1 heterocycles. The topological polar surface area (TPSA) is 66.8 Å². The Kier molecular flexibility index (Phi) is 6.73. The highest BCUT2D eigenvalue weighted by molar-refractivity contribution is 6.52. The fourth-order valence-electron chi connectivity index (χ4n) is 4.26. The molecular weight excluding hydrogens is 462 g/mol. The van der Waals surface area contributed by atoms with E-state index in [0.29, 0.717) is 23.6 Å². The molecule has 1 aliphatic rings. The first kappa shape index (κ1) is 24.6. The molecule has 4 rings (SSSR count). The van der Waals surface area contributed by atoms with E-state index in [9.17, 15) is 14.7 Å². The van der Waals surface area contributed by atoms with Crippen LogP contribution in [0.4, 0.5) is 5.69 Å². The number of para-hydroxylation sites is 1. The molecule has 5 nitrogen and oxygen atoms in total. The van der Waals surface area contributed by atoms with Crippen molar-refractivity contribution in [2.75, 3.05) is 11.5 Å². The number of hydrogen-bond donors (Lipinski definition) is 1. The van der Waals surface area contributed by atoms with Gasteiger partial charge in [-0.15, -0.1) is 0 Å². The van der Waals surface area contributed by atoms with Crippen LogP contribution < -0.4 is 9.64 Å². The van der Waals surface area contributed by atoms with Crippen LogP contribution in [0.5, 0.6) is 5.75 Å². The largest absolute Gasteiger partial charge is 0.507 e. The first-order chi connectivity index (χ1) is 16.6. The summed E-state index contributed by atoms with van der Waals surface area (Å²) in [6.45, 7) is 8.63. The normalized spacial score (nSPS) is 17.6. The highest BCUT2D eigenvalue weighted by Gasteiger charge is 2.47. The molecule has 1 aliphatic heterocycles. The Bertz CT molecular complexity index is 1290. The monoisotopic (exact) mass is 489 g/mol. The Morgan fingerprint density at radius 3 is 2.26 bits per heavy atom. The smallest absolute Gasteiger partial charge is 0.300 e. The molecule has 0 aromatic heterocycles. The summed E-state index contributed by atoms with van der Waals surface area (Å²) in [4.78, 5) is 28.1. The van der Waals surface area contributed by atoms with Crippen LogP contribution in [0.3, 0.4) is 0 Å². The molecule has 1 saturated heterocycles. The number of aliphatic hydroxyl groups excluding tert-OH is 1. The lowest BCUT2D eigenvalue weighted by atomic mass is 9.85. The van der Waals surface area contributed by atoms with Gasteiger partial charge in [0.25, 0.3) is 11.7 Å². The van der Waals surface area contributed by atoms with Gasteiger partial charge < -0.3 is 9.84 Å². The quantitative estimate of drug-likeness (QED) is 0.247. The number of aliphatic hydroxyl groups is 1. The van der Waals surface area contributed by atoms with E-state index in [4.69, 9.17) is 16.3 Å². The number of nitrogens with zero attached hydrogens (tertiary/aromatic N) is 1. The number of anilines is 1. The molecule has 6 heteroatoms. The van der Waals surface area contributed by atoms with Crippen LogP contribution in [0.2, 0.25) is 5.02 Å². The van der Waals surface area contributed by atoms with Crippen LogP contribution in [0.25, 0.3) is 5.76 Å². The van der Waals surface area contributed by atoms with Gasteiger partial charge in [-0.25, -0.2) is 0 Å². The van der Waals surface area contributed by atoms with Crippen LogP contribution in [-0.4, -0.2) is 23.4 Å². The van der Waals surface area contributed by atoms with E-state index < -0.39 is 17.7 Å². The number of amides is 1. The summed E-state index contributed by atoms with van der Waals surface area (Å²) in [5.41, 5.74) is 2.54. The van der Waals surface area contributed by atoms with E-state index in [0.717, 1.165) is 5.56 Å². The van der Waals surface area contributed by atoms with Gasteiger partial charge in [0.15, 0.2) is 0 Å². The van der Waals surface area contributed by atoms with Gasteiger partial charge in [-0.05, 0) is 53.8 Å². The second-order valence-electron chi connectivity index (χ2n) is 9.45. The van der Waals surface area contributed by atoms with Gasteiger partial charge in [-0.1, -0.05) is 74.8 Å². The SMILES string of the molecule is CCOc1ccc(Cl)c(/C(O)=C2\C(=O)C(=O)N(c3ccccc3)C2c2ccc(C(C)(C)C)cc2)c1. The van der Waals surface area contributed by atoms with Crippen molar-refractivity contribution in [2.24, 2.45) is 0 Å². The summed E-state index contributed by atoms with van der Waals surface area (Å²) in [7, 11) is 0. The Hall–Kier alpha value is -3.57. The maximum absolute atomic E-state index is 13.4. The summed E-state index contributed by atoms with van der Waals surface area (Å²) in [5, 5.41) is 11.7.